The average molecular weight is 458 g/mol. The smallest absolute Gasteiger partial charge is 0.311 e. The van der Waals surface area contributed by atoms with Gasteiger partial charge in [0.15, 0.2) is 0 Å². The molecule has 1 aromatic rings. The van der Waals surface area contributed by atoms with E-state index in [1.165, 1.54) is 7.11 Å². The lowest BCUT2D eigenvalue weighted by Crippen LogP contribution is -2.54. The van der Waals surface area contributed by atoms with Crippen LogP contribution in [0.25, 0.3) is 0 Å². The normalized spacial score (nSPS) is 16.4. The number of ether oxygens (including phenoxy) is 1. The number of benzene rings is 1. The van der Waals surface area contributed by atoms with Gasteiger partial charge in [-0.2, -0.15) is 0 Å². The number of esters is 1. The standard InChI is InChI=1S/C24H40ClNO3S/c1-16(2)15-30(28)26-24(8,21(17(3)4)22(27)29-9)19-11-10-18(20(25)14-19)12-13-23(5,6)7/h10-11,14,16-17,21,26H,12-13,15H2,1-9H3/t21?,24?,30-/m0/s1. The van der Waals surface area contributed by atoms with Gasteiger partial charge in [0.05, 0.1) is 18.6 Å². The second kappa shape index (κ2) is 11.2. The molecule has 0 bridgehead atoms. The molecule has 2 unspecified atom stereocenters. The molecule has 30 heavy (non-hydrogen) atoms. The van der Waals surface area contributed by atoms with E-state index in [0.717, 1.165) is 24.0 Å². The predicted octanol–water partition coefficient (Wildman–Crippen LogP) is 5.89. The first-order valence-corrected chi connectivity index (χ1v) is 12.4. The minimum absolute atomic E-state index is 0.0228. The summed E-state index contributed by atoms with van der Waals surface area (Å²) in [5.74, 6) is -0.101. The average Bonchev–Trinajstić information content (AvgIpc) is 2.58. The van der Waals surface area contributed by atoms with Crippen molar-refractivity contribution in [2.45, 2.75) is 73.8 Å². The van der Waals surface area contributed by atoms with Crippen LogP contribution < -0.4 is 4.72 Å². The Balaban J connectivity index is 3.39. The van der Waals surface area contributed by atoms with Gasteiger partial charge in [-0.15, -0.1) is 4.72 Å². The number of hydrogen-bond acceptors (Lipinski definition) is 4. The number of nitrogens with one attached hydrogen (secondary N) is 1. The van der Waals surface area contributed by atoms with Crippen molar-refractivity contribution in [3.8, 4) is 0 Å². The maximum Gasteiger partial charge on any atom is 0.311 e. The summed E-state index contributed by atoms with van der Waals surface area (Å²) in [4.78, 5) is 12.7. The van der Waals surface area contributed by atoms with Crippen LogP contribution in [0.3, 0.4) is 0 Å². The van der Waals surface area contributed by atoms with E-state index < -0.39 is 22.8 Å². The molecular formula is C24H40ClNO3S. The monoisotopic (exact) mass is 457 g/mol. The first-order chi connectivity index (χ1) is 13.7. The van der Waals surface area contributed by atoms with E-state index in [4.69, 9.17) is 16.3 Å². The van der Waals surface area contributed by atoms with Gasteiger partial charge in [-0.3, -0.25) is 4.79 Å². The molecule has 0 heterocycles. The third-order valence-corrected chi connectivity index (χ3v) is 7.32. The molecular weight excluding hydrogens is 418 g/mol. The fourth-order valence-corrected chi connectivity index (χ4v) is 5.45. The molecule has 0 radical (unpaired) electrons. The van der Waals surface area contributed by atoms with Crippen molar-refractivity contribution < 1.29 is 14.1 Å². The number of aryl methyl sites for hydroxylation is 1. The number of carbonyl (C=O) groups is 1. The Labute approximate surface area is 191 Å². The number of rotatable bonds is 10. The highest BCUT2D eigenvalue weighted by Gasteiger charge is 2.46. The molecule has 3 atom stereocenters. The molecule has 4 nitrogen and oxygen atoms in total. The Hall–Kier alpha value is -0.750. The molecule has 0 aliphatic rings. The summed E-state index contributed by atoms with van der Waals surface area (Å²) >= 11 is 5.36. The Kier molecular flexibility index (Phi) is 10.2. The van der Waals surface area contributed by atoms with Crippen LogP contribution in [0.15, 0.2) is 18.2 Å². The van der Waals surface area contributed by atoms with Gasteiger partial charge >= 0.3 is 5.97 Å². The molecule has 0 aromatic heterocycles. The number of hydrogen-bond donors (Lipinski definition) is 1. The molecule has 0 aliphatic heterocycles. The molecule has 172 valence electrons. The molecule has 0 fully saturated rings. The first-order valence-electron chi connectivity index (χ1n) is 10.7. The van der Waals surface area contributed by atoms with Crippen LogP contribution in [0.5, 0.6) is 0 Å². The van der Waals surface area contributed by atoms with Crippen molar-refractivity contribution in [3.05, 3.63) is 34.3 Å². The lowest BCUT2D eigenvalue weighted by atomic mass is 9.74. The van der Waals surface area contributed by atoms with E-state index in [2.05, 4.69) is 25.5 Å². The molecule has 1 N–H and O–H groups in total. The molecule has 1 rings (SSSR count). The van der Waals surface area contributed by atoms with Crippen LogP contribution >= 0.6 is 11.6 Å². The van der Waals surface area contributed by atoms with Crippen molar-refractivity contribution in [1.82, 2.24) is 4.72 Å². The first kappa shape index (κ1) is 27.3. The molecule has 1 aromatic carbocycles. The molecule has 6 heteroatoms. The summed E-state index contributed by atoms with van der Waals surface area (Å²) in [6.07, 6.45) is 1.91. The van der Waals surface area contributed by atoms with Crippen LogP contribution in [0.2, 0.25) is 5.02 Å². The predicted molar refractivity (Wildman–Crippen MR) is 128 cm³/mol. The molecule has 0 aliphatic carbocycles. The quantitative estimate of drug-likeness (QED) is 0.351. The lowest BCUT2D eigenvalue weighted by Gasteiger charge is -2.39. The van der Waals surface area contributed by atoms with Gasteiger partial charge in [0.25, 0.3) is 0 Å². The summed E-state index contributed by atoms with van der Waals surface area (Å²) in [6.45, 7) is 16.6. The van der Waals surface area contributed by atoms with Crippen LogP contribution in [-0.2, 0) is 32.9 Å². The van der Waals surface area contributed by atoms with Crippen molar-refractivity contribution in [1.29, 1.82) is 0 Å². The van der Waals surface area contributed by atoms with Crippen molar-refractivity contribution in [2.75, 3.05) is 12.9 Å². The zero-order valence-electron chi connectivity index (χ0n) is 20.1. The number of carbonyl (C=O) groups excluding carboxylic acids is 1. The van der Waals surface area contributed by atoms with Crippen LogP contribution in [0.1, 0.15) is 72.9 Å². The SMILES string of the molecule is COC(=O)C(C(C)C)C(C)(N[S@@+]([O-])CC(C)C)c1ccc(CCC(C)(C)C)c(Cl)c1. The van der Waals surface area contributed by atoms with E-state index in [1.807, 2.05) is 52.8 Å². The molecule has 0 spiro atoms. The van der Waals surface area contributed by atoms with Crippen LogP contribution in [-0.4, -0.2) is 23.4 Å². The Bertz CT molecular complexity index is 702. The summed E-state index contributed by atoms with van der Waals surface area (Å²) in [5.41, 5.74) is 1.26. The van der Waals surface area contributed by atoms with Gasteiger partial charge in [0.1, 0.15) is 5.75 Å². The van der Waals surface area contributed by atoms with Crippen molar-refractivity contribution in [3.63, 3.8) is 0 Å². The van der Waals surface area contributed by atoms with Crippen molar-refractivity contribution in [2.24, 2.45) is 23.2 Å². The van der Waals surface area contributed by atoms with E-state index in [1.54, 1.807) is 0 Å². The van der Waals surface area contributed by atoms with Gasteiger partial charge < -0.3 is 9.29 Å². The zero-order chi connectivity index (χ0) is 23.3. The van der Waals surface area contributed by atoms with Gasteiger partial charge in [0.2, 0.25) is 0 Å². The summed E-state index contributed by atoms with van der Waals surface area (Å²) in [7, 11) is 1.39. The Morgan fingerprint density at radius 1 is 1.20 bits per heavy atom. The third-order valence-electron chi connectivity index (χ3n) is 5.35. The third kappa shape index (κ3) is 7.74. The largest absolute Gasteiger partial charge is 0.598 e. The van der Waals surface area contributed by atoms with Crippen LogP contribution in [0, 0.1) is 23.2 Å². The van der Waals surface area contributed by atoms with Gasteiger partial charge in [-0.05, 0) is 54.2 Å². The Morgan fingerprint density at radius 2 is 1.80 bits per heavy atom. The van der Waals surface area contributed by atoms with E-state index in [9.17, 15) is 9.35 Å². The van der Waals surface area contributed by atoms with Gasteiger partial charge in [0, 0.05) is 16.4 Å². The summed E-state index contributed by atoms with van der Waals surface area (Å²) in [5, 5.41) is 0.673. The van der Waals surface area contributed by atoms with Gasteiger partial charge in [-0.1, -0.05) is 72.2 Å². The molecule has 0 amide bonds. The van der Waals surface area contributed by atoms with Crippen LogP contribution in [0.4, 0.5) is 0 Å². The Morgan fingerprint density at radius 3 is 2.23 bits per heavy atom. The minimum Gasteiger partial charge on any atom is -0.598 e. The zero-order valence-corrected chi connectivity index (χ0v) is 21.7. The lowest BCUT2D eigenvalue weighted by molar-refractivity contribution is -0.150. The second-order valence-corrected chi connectivity index (χ2v) is 12.0. The molecule has 0 saturated heterocycles. The number of halogens is 1. The summed E-state index contributed by atoms with van der Waals surface area (Å²) in [6, 6.07) is 5.95. The molecule has 0 saturated carbocycles. The van der Waals surface area contributed by atoms with E-state index >= 15 is 0 Å². The second-order valence-electron chi connectivity index (χ2n) is 10.3. The maximum atomic E-state index is 12.9. The highest BCUT2D eigenvalue weighted by atomic mass is 35.5. The topological polar surface area (TPSA) is 61.4 Å². The number of methoxy groups -OCH3 is 1. The maximum absolute atomic E-state index is 12.9. The fourth-order valence-electron chi connectivity index (χ4n) is 3.77. The highest BCUT2D eigenvalue weighted by molar-refractivity contribution is 7.89. The summed E-state index contributed by atoms with van der Waals surface area (Å²) < 4.78 is 21.2. The van der Waals surface area contributed by atoms with Gasteiger partial charge in [-0.25, -0.2) is 0 Å². The highest BCUT2D eigenvalue weighted by Crippen LogP contribution is 2.38. The fraction of sp³-hybridized carbons (Fsp3) is 0.708. The van der Waals surface area contributed by atoms with E-state index in [0.29, 0.717) is 10.8 Å². The minimum atomic E-state index is -1.30. The van der Waals surface area contributed by atoms with E-state index in [-0.39, 0.29) is 23.2 Å². The van der Waals surface area contributed by atoms with Crippen molar-refractivity contribution >= 4 is 28.9 Å².